The number of aryl methyl sites for hydroxylation is 2. The lowest BCUT2D eigenvalue weighted by molar-refractivity contribution is 0.160. The van der Waals surface area contributed by atoms with Gasteiger partial charge in [-0.15, -0.1) is 0 Å². The van der Waals surface area contributed by atoms with Crippen LogP contribution in [0.1, 0.15) is 17.7 Å². The number of aromatic nitrogens is 3. The van der Waals surface area contributed by atoms with Crippen molar-refractivity contribution >= 4 is 22.8 Å². The Morgan fingerprint density at radius 1 is 1.35 bits per heavy atom. The highest BCUT2D eigenvalue weighted by atomic mass is 16.5. The van der Waals surface area contributed by atoms with Crippen LogP contribution in [0.3, 0.4) is 0 Å². The minimum Gasteiger partial charge on any atom is -0.383 e. The van der Waals surface area contributed by atoms with Crippen molar-refractivity contribution in [1.29, 1.82) is 0 Å². The summed E-state index contributed by atoms with van der Waals surface area (Å²) in [6.45, 7) is 7.70. The summed E-state index contributed by atoms with van der Waals surface area (Å²) < 4.78 is 5.13. The van der Waals surface area contributed by atoms with Crippen LogP contribution >= 0.6 is 0 Å². The van der Waals surface area contributed by atoms with E-state index in [4.69, 9.17) is 10.5 Å². The van der Waals surface area contributed by atoms with E-state index in [2.05, 4.69) is 25.2 Å². The summed E-state index contributed by atoms with van der Waals surface area (Å²) >= 11 is 0. The summed E-state index contributed by atoms with van der Waals surface area (Å²) in [6, 6.07) is 2.33. The second kappa shape index (κ2) is 6.64. The number of nitrogens with two attached hydrogens (primary N) is 1. The zero-order valence-electron chi connectivity index (χ0n) is 14.0. The first-order valence-electron chi connectivity index (χ1n) is 7.96. The normalized spacial score (nSPS) is 18.7. The minimum atomic E-state index is 0.328. The number of anilines is 2. The largest absolute Gasteiger partial charge is 0.383 e. The molecule has 0 aliphatic carbocycles. The Balaban J connectivity index is 1.76. The average Bonchev–Trinajstić information content (AvgIpc) is 2.91. The van der Waals surface area contributed by atoms with Gasteiger partial charge >= 0.3 is 0 Å². The molecule has 0 bridgehead atoms. The predicted molar refractivity (Wildman–Crippen MR) is 91.6 cm³/mol. The van der Waals surface area contributed by atoms with Gasteiger partial charge in [0.2, 0.25) is 5.95 Å². The van der Waals surface area contributed by atoms with E-state index in [-0.39, 0.29) is 0 Å². The molecule has 1 fully saturated rings. The van der Waals surface area contributed by atoms with Gasteiger partial charge in [-0.3, -0.25) is 4.90 Å². The molecule has 1 aliphatic heterocycles. The molecule has 3 rings (SSSR count). The molecule has 124 valence electrons. The van der Waals surface area contributed by atoms with Crippen LogP contribution in [0.2, 0.25) is 0 Å². The maximum atomic E-state index is 6.12. The van der Waals surface area contributed by atoms with E-state index < -0.39 is 0 Å². The van der Waals surface area contributed by atoms with Crippen molar-refractivity contribution in [1.82, 2.24) is 19.9 Å². The molecule has 0 radical (unpaired) electrons. The lowest BCUT2D eigenvalue weighted by Crippen LogP contribution is -2.29. The molecule has 3 heterocycles. The average molecular weight is 316 g/mol. The molecule has 23 heavy (non-hydrogen) atoms. The molecule has 2 aromatic heterocycles. The van der Waals surface area contributed by atoms with E-state index in [0.29, 0.717) is 23.5 Å². The first-order valence-corrected chi connectivity index (χ1v) is 7.96. The van der Waals surface area contributed by atoms with Gasteiger partial charge in [-0.2, -0.15) is 9.97 Å². The van der Waals surface area contributed by atoms with Gasteiger partial charge < -0.3 is 15.8 Å². The lowest BCUT2D eigenvalue weighted by Gasteiger charge is -2.16. The molecule has 2 aromatic rings. The van der Waals surface area contributed by atoms with E-state index in [1.54, 1.807) is 7.11 Å². The van der Waals surface area contributed by atoms with Gasteiger partial charge in [0.05, 0.1) is 12.0 Å². The van der Waals surface area contributed by atoms with Crippen LogP contribution in [-0.4, -0.2) is 59.2 Å². The molecule has 0 saturated carbocycles. The highest BCUT2D eigenvalue weighted by Gasteiger charge is 2.23. The van der Waals surface area contributed by atoms with Gasteiger partial charge in [0.1, 0.15) is 5.82 Å². The Hall–Kier alpha value is -1.99. The van der Waals surface area contributed by atoms with E-state index >= 15 is 0 Å². The Kier molecular flexibility index (Phi) is 4.58. The molecule has 7 nitrogen and oxygen atoms in total. The predicted octanol–water partition coefficient (Wildman–Crippen LogP) is 1.36. The van der Waals surface area contributed by atoms with Gasteiger partial charge in [-0.1, -0.05) is 0 Å². The van der Waals surface area contributed by atoms with Crippen molar-refractivity contribution in [2.24, 2.45) is 0 Å². The smallest absolute Gasteiger partial charge is 0.226 e. The lowest BCUT2D eigenvalue weighted by atomic mass is 10.1. The summed E-state index contributed by atoms with van der Waals surface area (Å²) in [5.74, 6) is 1.04. The first kappa shape index (κ1) is 15.9. The van der Waals surface area contributed by atoms with Crippen LogP contribution in [0.15, 0.2) is 6.07 Å². The van der Waals surface area contributed by atoms with Crippen molar-refractivity contribution in [3.05, 3.63) is 17.3 Å². The third-order valence-corrected chi connectivity index (χ3v) is 4.24. The van der Waals surface area contributed by atoms with E-state index in [9.17, 15) is 0 Å². The maximum absolute atomic E-state index is 6.12. The number of pyridine rings is 1. The first-order chi connectivity index (χ1) is 11.1. The zero-order valence-corrected chi connectivity index (χ0v) is 14.0. The molecule has 1 unspecified atom stereocenters. The molecule has 0 aromatic carbocycles. The van der Waals surface area contributed by atoms with E-state index in [1.165, 1.54) is 0 Å². The third kappa shape index (κ3) is 3.51. The Bertz CT molecular complexity index is 705. The Morgan fingerprint density at radius 3 is 2.96 bits per heavy atom. The van der Waals surface area contributed by atoms with E-state index in [0.717, 1.165) is 49.3 Å². The number of nitrogen functional groups attached to an aromatic ring is 1. The van der Waals surface area contributed by atoms with E-state index in [1.807, 2.05) is 19.9 Å². The highest BCUT2D eigenvalue weighted by Crippen LogP contribution is 2.23. The number of methoxy groups -OCH3 is 1. The quantitative estimate of drug-likeness (QED) is 0.860. The highest BCUT2D eigenvalue weighted by molar-refractivity contribution is 5.89. The molecule has 0 amide bonds. The van der Waals surface area contributed by atoms with Gasteiger partial charge in [0, 0.05) is 38.5 Å². The number of likely N-dealkylation sites (tertiary alicyclic amines) is 1. The number of ether oxygens (including phenoxy) is 1. The summed E-state index contributed by atoms with van der Waals surface area (Å²) in [4.78, 5) is 15.8. The zero-order chi connectivity index (χ0) is 16.4. The second-order valence-corrected chi connectivity index (χ2v) is 6.13. The number of hydrogen-bond acceptors (Lipinski definition) is 7. The van der Waals surface area contributed by atoms with Crippen LogP contribution in [0.5, 0.6) is 0 Å². The van der Waals surface area contributed by atoms with Crippen LogP contribution in [0.25, 0.3) is 11.0 Å². The van der Waals surface area contributed by atoms with Crippen molar-refractivity contribution in [2.45, 2.75) is 26.3 Å². The minimum absolute atomic E-state index is 0.328. The summed E-state index contributed by atoms with van der Waals surface area (Å²) in [6.07, 6.45) is 1.06. The van der Waals surface area contributed by atoms with Gasteiger partial charge in [-0.25, -0.2) is 4.98 Å². The summed E-state index contributed by atoms with van der Waals surface area (Å²) in [7, 11) is 1.73. The van der Waals surface area contributed by atoms with Crippen LogP contribution in [-0.2, 0) is 4.74 Å². The Labute approximate surface area is 136 Å². The summed E-state index contributed by atoms with van der Waals surface area (Å²) in [5, 5.41) is 4.24. The SMILES string of the molecule is COCCN1CCC(Nc2nc(N)c3c(C)cc(C)nc3n2)C1. The van der Waals surface area contributed by atoms with Crippen molar-refractivity contribution in [3.63, 3.8) is 0 Å². The van der Waals surface area contributed by atoms with Gasteiger partial charge in [0.15, 0.2) is 5.65 Å². The van der Waals surface area contributed by atoms with Gasteiger partial charge in [-0.05, 0) is 31.9 Å². The standard InChI is InChI=1S/C16H24N6O/c1-10-8-11(2)18-15-13(10)14(17)20-16(21-15)19-12-4-5-22(9-12)6-7-23-3/h8,12H,4-7,9H2,1-3H3,(H3,17,18,19,20,21). The number of fused-ring (bicyclic) bond motifs is 1. The topological polar surface area (TPSA) is 89.2 Å². The molecule has 0 spiro atoms. The van der Waals surface area contributed by atoms with Crippen molar-refractivity contribution in [3.8, 4) is 0 Å². The molecule has 7 heteroatoms. The molecule has 1 aliphatic rings. The number of rotatable bonds is 5. The van der Waals surface area contributed by atoms with Crippen LogP contribution in [0, 0.1) is 13.8 Å². The van der Waals surface area contributed by atoms with Crippen LogP contribution in [0.4, 0.5) is 11.8 Å². The van der Waals surface area contributed by atoms with Crippen molar-refractivity contribution in [2.75, 3.05) is 44.4 Å². The third-order valence-electron chi connectivity index (χ3n) is 4.24. The Morgan fingerprint density at radius 2 is 2.17 bits per heavy atom. The summed E-state index contributed by atoms with van der Waals surface area (Å²) in [5.41, 5.74) is 8.77. The molecular weight excluding hydrogens is 292 g/mol. The van der Waals surface area contributed by atoms with Crippen molar-refractivity contribution < 1.29 is 4.74 Å². The molecule has 3 N–H and O–H groups in total. The molecular formula is C16H24N6O. The maximum Gasteiger partial charge on any atom is 0.226 e. The molecule has 1 saturated heterocycles. The fourth-order valence-corrected chi connectivity index (χ4v) is 3.13. The van der Waals surface area contributed by atoms with Crippen LogP contribution < -0.4 is 11.1 Å². The second-order valence-electron chi connectivity index (χ2n) is 6.13. The van der Waals surface area contributed by atoms with Gasteiger partial charge in [0.25, 0.3) is 0 Å². The number of nitrogens with zero attached hydrogens (tertiary/aromatic N) is 4. The number of hydrogen-bond donors (Lipinski definition) is 2. The fourth-order valence-electron chi connectivity index (χ4n) is 3.13. The number of nitrogens with one attached hydrogen (secondary N) is 1. The molecule has 1 atom stereocenters. The fraction of sp³-hybridized carbons (Fsp3) is 0.562. The monoisotopic (exact) mass is 316 g/mol.